The number of esters is 1. The first-order chi connectivity index (χ1) is 14.9. The van der Waals surface area contributed by atoms with Crippen LogP contribution in [-0.4, -0.2) is 11.1 Å². The number of aromatic nitrogens is 1. The third-order valence-corrected chi connectivity index (χ3v) is 4.83. The van der Waals surface area contributed by atoms with E-state index in [1.165, 1.54) is 24.3 Å². The maximum Gasteiger partial charge on any atom is 0.379 e. The number of rotatable bonds is 3. The number of carbonyl (C=O) groups is 1. The predicted octanol–water partition coefficient (Wildman–Crippen LogP) is 6.53. The van der Waals surface area contributed by atoms with E-state index in [2.05, 4.69) is 5.16 Å². The van der Waals surface area contributed by atoms with Crippen molar-refractivity contribution in [3.8, 4) is 17.0 Å². The molecule has 0 aliphatic rings. The molecule has 3 aromatic carbocycles. The molecule has 0 saturated heterocycles. The lowest BCUT2D eigenvalue weighted by atomic mass is 10.1. The van der Waals surface area contributed by atoms with Gasteiger partial charge in [0, 0.05) is 27.4 Å². The summed E-state index contributed by atoms with van der Waals surface area (Å²) in [6.07, 6.45) is 0. The maximum absolute atomic E-state index is 13.6. The Labute approximate surface area is 176 Å². The molecule has 0 unspecified atom stereocenters. The van der Waals surface area contributed by atoms with Gasteiger partial charge in [0.1, 0.15) is 17.0 Å². The Morgan fingerprint density at radius 3 is 2.48 bits per heavy atom. The number of fused-ring (bicyclic) bond motifs is 2. The molecule has 0 aliphatic carbocycles. The molecule has 5 aromatic rings. The van der Waals surface area contributed by atoms with Gasteiger partial charge in [0.25, 0.3) is 0 Å². The van der Waals surface area contributed by atoms with E-state index in [0.29, 0.717) is 21.4 Å². The van der Waals surface area contributed by atoms with Crippen molar-refractivity contribution in [2.24, 2.45) is 0 Å². The van der Waals surface area contributed by atoms with E-state index < -0.39 is 23.4 Å². The number of hydrogen-bond donors (Lipinski definition) is 0. The number of benzene rings is 3. The van der Waals surface area contributed by atoms with Gasteiger partial charge in [-0.15, -0.1) is 0 Å². The average Bonchev–Trinajstić information content (AvgIpc) is 3.35. The molecular formula is C22H9ClF3NO4. The summed E-state index contributed by atoms with van der Waals surface area (Å²) in [5.74, 6) is -4.89. The molecule has 0 radical (unpaired) electrons. The SMILES string of the molecule is O=C(Oc1ccc2c(-c3cc(F)c(F)c(F)c3)noc2c1)c1cc2cc(Cl)ccc2o1. The van der Waals surface area contributed by atoms with Crippen LogP contribution in [0, 0.1) is 17.5 Å². The van der Waals surface area contributed by atoms with Gasteiger partial charge in [-0.3, -0.25) is 0 Å². The quantitative estimate of drug-likeness (QED) is 0.180. The van der Waals surface area contributed by atoms with Crippen LogP contribution in [0.1, 0.15) is 10.6 Å². The monoisotopic (exact) mass is 443 g/mol. The number of furan rings is 1. The van der Waals surface area contributed by atoms with Crippen LogP contribution in [0.3, 0.4) is 0 Å². The van der Waals surface area contributed by atoms with Gasteiger partial charge in [-0.05, 0) is 48.5 Å². The van der Waals surface area contributed by atoms with E-state index >= 15 is 0 Å². The van der Waals surface area contributed by atoms with Crippen molar-refractivity contribution >= 4 is 39.5 Å². The number of halogens is 4. The topological polar surface area (TPSA) is 65.5 Å². The molecule has 5 nitrogen and oxygen atoms in total. The highest BCUT2D eigenvalue weighted by molar-refractivity contribution is 6.31. The van der Waals surface area contributed by atoms with Crippen molar-refractivity contribution in [2.75, 3.05) is 0 Å². The zero-order valence-electron chi connectivity index (χ0n) is 15.3. The Bertz CT molecular complexity index is 1470. The lowest BCUT2D eigenvalue weighted by Crippen LogP contribution is -2.06. The normalized spacial score (nSPS) is 11.4. The fourth-order valence-corrected chi connectivity index (χ4v) is 3.33. The second kappa shape index (κ2) is 7.17. The first-order valence-electron chi connectivity index (χ1n) is 8.84. The van der Waals surface area contributed by atoms with Crippen LogP contribution in [0.2, 0.25) is 5.02 Å². The largest absolute Gasteiger partial charge is 0.449 e. The first kappa shape index (κ1) is 19.2. The molecule has 0 amide bonds. The van der Waals surface area contributed by atoms with E-state index in [4.69, 9.17) is 25.3 Å². The molecule has 9 heteroatoms. The van der Waals surface area contributed by atoms with Gasteiger partial charge in [-0.2, -0.15) is 0 Å². The summed E-state index contributed by atoms with van der Waals surface area (Å²) >= 11 is 5.93. The second-order valence-electron chi connectivity index (χ2n) is 6.63. The van der Waals surface area contributed by atoms with Crippen molar-refractivity contribution in [2.45, 2.75) is 0 Å². The van der Waals surface area contributed by atoms with Gasteiger partial charge in [-0.1, -0.05) is 16.8 Å². The highest BCUT2D eigenvalue weighted by Gasteiger charge is 2.19. The van der Waals surface area contributed by atoms with Crippen LogP contribution in [0.4, 0.5) is 13.2 Å². The summed E-state index contributed by atoms with van der Waals surface area (Å²) in [5, 5.41) is 5.33. The van der Waals surface area contributed by atoms with Gasteiger partial charge in [0.2, 0.25) is 5.76 Å². The lowest BCUT2D eigenvalue weighted by molar-refractivity contribution is 0.0704. The molecule has 0 atom stereocenters. The Morgan fingerprint density at radius 1 is 0.935 bits per heavy atom. The Morgan fingerprint density at radius 2 is 1.71 bits per heavy atom. The van der Waals surface area contributed by atoms with Crippen LogP contribution in [0.25, 0.3) is 33.2 Å². The maximum atomic E-state index is 13.6. The molecule has 0 spiro atoms. The number of nitrogens with zero attached hydrogens (tertiary/aromatic N) is 1. The van der Waals surface area contributed by atoms with Crippen molar-refractivity contribution in [3.63, 3.8) is 0 Å². The summed E-state index contributed by atoms with van der Waals surface area (Å²) in [6.45, 7) is 0. The van der Waals surface area contributed by atoms with Gasteiger partial charge >= 0.3 is 5.97 Å². The second-order valence-corrected chi connectivity index (χ2v) is 7.06. The summed E-state index contributed by atoms with van der Waals surface area (Å²) in [4.78, 5) is 12.4. The Hall–Kier alpha value is -3.78. The van der Waals surface area contributed by atoms with Gasteiger partial charge < -0.3 is 13.7 Å². The van der Waals surface area contributed by atoms with Crippen molar-refractivity contribution in [1.29, 1.82) is 0 Å². The molecule has 0 saturated carbocycles. The molecule has 2 heterocycles. The van der Waals surface area contributed by atoms with Crippen molar-refractivity contribution < 1.29 is 31.6 Å². The molecule has 31 heavy (non-hydrogen) atoms. The summed E-state index contributed by atoms with van der Waals surface area (Å²) in [6, 6.07) is 12.4. The van der Waals surface area contributed by atoms with E-state index in [-0.39, 0.29) is 28.4 Å². The zero-order chi connectivity index (χ0) is 21.7. The molecule has 0 aliphatic heterocycles. The average molecular weight is 444 g/mol. The fraction of sp³-hybridized carbons (Fsp3) is 0. The van der Waals surface area contributed by atoms with Crippen LogP contribution >= 0.6 is 11.6 Å². The third kappa shape index (κ3) is 3.40. The van der Waals surface area contributed by atoms with Crippen LogP contribution in [0.5, 0.6) is 5.75 Å². The molecule has 5 rings (SSSR count). The molecule has 154 valence electrons. The number of carbonyl (C=O) groups excluding carboxylic acids is 1. The minimum absolute atomic E-state index is 0.000770. The summed E-state index contributed by atoms with van der Waals surface area (Å²) < 4.78 is 56.3. The van der Waals surface area contributed by atoms with Crippen LogP contribution < -0.4 is 4.74 Å². The number of hydrogen-bond acceptors (Lipinski definition) is 5. The standard InChI is InChI=1S/C22H9ClF3NO4/c23-12-1-4-17-10(5-12)8-19(30-17)22(28)29-13-2-3-14-18(9-13)31-27-21(14)11-6-15(24)20(26)16(25)7-11/h1-9H. The van der Waals surface area contributed by atoms with Gasteiger partial charge in [0.15, 0.2) is 23.0 Å². The fourth-order valence-electron chi connectivity index (χ4n) is 3.15. The van der Waals surface area contributed by atoms with Crippen LogP contribution in [0.15, 0.2) is 63.5 Å². The summed E-state index contributed by atoms with van der Waals surface area (Å²) in [5.41, 5.74) is 0.785. The predicted molar refractivity (Wildman–Crippen MR) is 106 cm³/mol. The highest BCUT2D eigenvalue weighted by Crippen LogP contribution is 2.32. The Kier molecular flexibility index (Phi) is 4.44. The van der Waals surface area contributed by atoms with E-state index in [0.717, 1.165) is 12.1 Å². The minimum Gasteiger partial charge on any atom is -0.449 e. The number of ether oxygens (including phenoxy) is 1. The smallest absolute Gasteiger partial charge is 0.379 e. The van der Waals surface area contributed by atoms with Crippen molar-refractivity contribution in [1.82, 2.24) is 5.16 Å². The van der Waals surface area contributed by atoms with E-state index in [9.17, 15) is 18.0 Å². The lowest BCUT2D eigenvalue weighted by Gasteiger charge is -2.02. The minimum atomic E-state index is -1.57. The first-order valence-corrected chi connectivity index (χ1v) is 9.22. The van der Waals surface area contributed by atoms with E-state index in [1.807, 2.05) is 0 Å². The van der Waals surface area contributed by atoms with Crippen molar-refractivity contribution in [3.05, 3.63) is 82.8 Å². The Balaban J connectivity index is 1.44. The molecule has 2 aromatic heterocycles. The van der Waals surface area contributed by atoms with Gasteiger partial charge in [0.05, 0.1) is 0 Å². The molecule has 0 fully saturated rings. The van der Waals surface area contributed by atoms with Crippen LogP contribution in [-0.2, 0) is 0 Å². The zero-order valence-corrected chi connectivity index (χ0v) is 16.0. The molecule has 0 bridgehead atoms. The van der Waals surface area contributed by atoms with Gasteiger partial charge in [-0.25, -0.2) is 18.0 Å². The third-order valence-electron chi connectivity index (χ3n) is 4.59. The highest BCUT2D eigenvalue weighted by atomic mass is 35.5. The summed E-state index contributed by atoms with van der Waals surface area (Å²) in [7, 11) is 0. The van der Waals surface area contributed by atoms with E-state index in [1.54, 1.807) is 18.2 Å². The molecule has 0 N–H and O–H groups in total. The molecular weight excluding hydrogens is 435 g/mol.